The van der Waals surface area contributed by atoms with Crippen molar-refractivity contribution in [3.05, 3.63) is 24.4 Å². The molecule has 3 heterocycles. The smallest absolute Gasteiger partial charge is 0.224 e. The second-order valence-electron chi connectivity index (χ2n) is 9.03. The Hall–Kier alpha value is -2.74. The highest BCUT2D eigenvalue weighted by atomic mass is 16.5. The number of carbonyl (C=O) groups excluding carboxylic acids is 2. The zero-order valence-electron chi connectivity index (χ0n) is 19.9. The van der Waals surface area contributed by atoms with E-state index in [0.717, 1.165) is 26.1 Å². The van der Waals surface area contributed by atoms with Crippen LogP contribution in [0.1, 0.15) is 58.3 Å². The number of likely N-dealkylation sites (tertiary alicyclic amines) is 1. The third-order valence-electron chi connectivity index (χ3n) is 6.51. The minimum atomic E-state index is -0.299. The fraction of sp³-hybridized carbons (Fsp3) is 0.600. The highest BCUT2D eigenvalue weighted by Gasteiger charge is 2.31. The summed E-state index contributed by atoms with van der Waals surface area (Å²) in [6, 6.07) is 5.30. The van der Waals surface area contributed by atoms with Crippen LogP contribution >= 0.6 is 0 Å². The van der Waals surface area contributed by atoms with Crippen LogP contribution in [-0.2, 0) is 9.59 Å². The minimum Gasteiger partial charge on any atom is -0.481 e. The van der Waals surface area contributed by atoms with Crippen molar-refractivity contribution in [1.82, 2.24) is 14.9 Å². The normalized spacial score (nSPS) is 18.8. The molecule has 0 saturated carbocycles. The van der Waals surface area contributed by atoms with Crippen LogP contribution < -0.4 is 15.8 Å². The Kier molecular flexibility index (Phi) is 9.42. The quantitative estimate of drug-likeness (QED) is 0.472. The van der Waals surface area contributed by atoms with Gasteiger partial charge in [0.2, 0.25) is 17.7 Å². The molecule has 0 aromatic carbocycles. The van der Waals surface area contributed by atoms with Crippen molar-refractivity contribution in [3.63, 3.8) is 0 Å². The van der Waals surface area contributed by atoms with E-state index in [9.17, 15) is 9.59 Å². The number of amides is 2. The van der Waals surface area contributed by atoms with E-state index in [4.69, 9.17) is 10.5 Å². The predicted molar refractivity (Wildman–Crippen MR) is 130 cm³/mol. The maximum Gasteiger partial charge on any atom is 0.224 e. The molecule has 2 aromatic rings. The molecule has 8 nitrogen and oxygen atoms in total. The number of anilines is 1. The van der Waals surface area contributed by atoms with Crippen molar-refractivity contribution in [1.29, 1.82) is 0 Å². The zero-order chi connectivity index (χ0) is 23.6. The molecule has 1 aliphatic rings. The first kappa shape index (κ1) is 24.9. The van der Waals surface area contributed by atoms with Crippen molar-refractivity contribution >= 4 is 28.5 Å². The van der Waals surface area contributed by atoms with E-state index in [1.165, 1.54) is 32.1 Å². The number of nitrogens with one attached hydrogen (secondary N) is 1. The molecule has 1 fully saturated rings. The number of piperidine rings is 1. The molecule has 0 aliphatic carbocycles. The van der Waals surface area contributed by atoms with Crippen LogP contribution in [0.5, 0.6) is 5.88 Å². The van der Waals surface area contributed by atoms with Crippen LogP contribution in [0.4, 0.5) is 5.69 Å². The van der Waals surface area contributed by atoms with Gasteiger partial charge in [0.15, 0.2) is 0 Å². The fourth-order valence-corrected chi connectivity index (χ4v) is 4.72. The van der Waals surface area contributed by atoms with Gasteiger partial charge in [0.25, 0.3) is 0 Å². The molecule has 1 saturated heterocycles. The number of primary amides is 1. The number of nitrogens with two attached hydrogens (primary N) is 1. The summed E-state index contributed by atoms with van der Waals surface area (Å²) >= 11 is 0. The topological polar surface area (TPSA) is 110 Å². The standard InChI is InChI=1S/C25H37N5O3/c1-3-4-5-6-7-13-30-14-11-18(19(17-30)15-22(26)31)16-23(32)28-21-10-12-27-20-8-9-24(33-2)29-25(20)21/h8-10,12,18-19H,3-7,11,13-17H2,1-2H3,(H2,26,31)(H,27,28,32)/t18-,19-/m0/s1. The molecule has 2 atom stereocenters. The number of fused-ring (bicyclic) bond motifs is 1. The Labute approximate surface area is 196 Å². The first-order valence-corrected chi connectivity index (χ1v) is 12.1. The number of aromatic nitrogens is 2. The van der Waals surface area contributed by atoms with Crippen molar-refractivity contribution in [2.45, 2.75) is 58.3 Å². The molecule has 8 heteroatoms. The Morgan fingerprint density at radius 3 is 2.73 bits per heavy atom. The molecule has 3 N–H and O–H groups in total. The van der Waals surface area contributed by atoms with Gasteiger partial charge in [-0.3, -0.25) is 14.6 Å². The second-order valence-corrected chi connectivity index (χ2v) is 9.03. The molecule has 33 heavy (non-hydrogen) atoms. The Morgan fingerprint density at radius 1 is 1.15 bits per heavy atom. The van der Waals surface area contributed by atoms with Gasteiger partial charge in [-0.25, -0.2) is 4.98 Å². The van der Waals surface area contributed by atoms with Crippen molar-refractivity contribution in [3.8, 4) is 5.88 Å². The summed E-state index contributed by atoms with van der Waals surface area (Å²) in [7, 11) is 1.55. The number of ether oxygens (including phenoxy) is 1. The van der Waals surface area contributed by atoms with Gasteiger partial charge in [0, 0.05) is 31.6 Å². The Balaban J connectivity index is 1.60. The molecule has 1 aliphatic heterocycles. The summed E-state index contributed by atoms with van der Waals surface area (Å²) in [5.74, 6) is 0.315. The maximum absolute atomic E-state index is 12.9. The number of carbonyl (C=O) groups is 2. The summed E-state index contributed by atoms with van der Waals surface area (Å²) in [6.45, 7) is 5.05. The van der Waals surface area contributed by atoms with Crippen LogP contribution in [0.3, 0.4) is 0 Å². The fourth-order valence-electron chi connectivity index (χ4n) is 4.72. The van der Waals surface area contributed by atoms with Crippen molar-refractivity contribution in [2.24, 2.45) is 17.6 Å². The molecule has 0 spiro atoms. The molecule has 3 rings (SSSR count). The maximum atomic E-state index is 12.9. The SMILES string of the molecule is CCCCCCCN1CC[C@@H](CC(=O)Nc2ccnc3ccc(OC)nc23)[C@@H](CC(N)=O)C1. The summed E-state index contributed by atoms with van der Waals surface area (Å²) in [4.78, 5) is 35.8. The van der Waals surface area contributed by atoms with Gasteiger partial charge in [-0.2, -0.15) is 0 Å². The van der Waals surface area contributed by atoms with Gasteiger partial charge < -0.3 is 20.7 Å². The van der Waals surface area contributed by atoms with Crippen LogP contribution in [0.2, 0.25) is 0 Å². The van der Waals surface area contributed by atoms with Gasteiger partial charge in [0.1, 0.15) is 5.52 Å². The first-order valence-electron chi connectivity index (χ1n) is 12.1. The first-order chi connectivity index (χ1) is 16.0. The predicted octanol–water partition coefficient (Wildman–Crippen LogP) is 3.75. The molecular weight excluding hydrogens is 418 g/mol. The molecule has 2 aromatic heterocycles. The second kappa shape index (κ2) is 12.5. The van der Waals surface area contributed by atoms with E-state index in [1.54, 1.807) is 25.4 Å². The van der Waals surface area contributed by atoms with Gasteiger partial charge >= 0.3 is 0 Å². The van der Waals surface area contributed by atoms with Crippen molar-refractivity contribution in [2.75, 3.05) is 32.1 Å². The van der Waals surface area contributed by atoms with E-state index >= 15 is 0 Å². The number of hydrogen-bond acceptors (Lipinski definition) is 6. The lowest BCUT2D eigenvalue weighted by Gasteiger charge is -2.38. The zero-order valence-corrected chi connectivity index (χ0v) is 19.9. The van der Waals surface area contributed by atoms with Crippen LogP contribution in [-0.4, -0.2) is 53.4 Å². The number of nitrogens with zero attached hydrogens (tertiary/aromatic N) is 3. The number of rotatable bonds is 12. The number of pyridine rings is 2. The number of methoxy groups -OCH3 is 1. The van der Waals surface area contributed by atoms with Gasteiger partial charge in [-0.1, -0.05) is 32.6 Å². The monoisotopic (exact) mass is 455 g/mol. The largest absolute Gasteiger partial charge is 0.481 e. The lowest BCUT2D eigenvalue weighted by atomic mass is 9.80. The van der Waals surface area contributed by atoms with Crippen LogP contribution in [0.15, 0.2) is 24.4 Å². The molecule has 0 bridgehead atoms. The van der Waals surface area contributed by atoms with E-state index in [-0.39, 0.29) is 23.7 Å². The van der Waals surface area contributed by atoms with Gasteiger partial charge in [0.05, 0.1) is 18.3 Å². The summed E-state index contributed by atoms with van der Waals surface area (Å²) in [5, 5.41) is 3.00. The summed E-state index contributed by atoms with van der Waals surface area (Å²) < 4.78 is 5.21. The molecule has 180 valence electrons. The van der Waals surface area contributed by atoms with E-state index < -0.39 is 0 Å². The van der Waals surface area contributed by atoms with Crippen molar-refractivity contribution < 1.29 is 14.3 Å². The highest BCUT2D eigenvalue weighted by Crippen LogP contribution is 2.30. The van der Waals surface area contributed by atoms with Crippen LogP contribution in [0.25, 0.3) is 11.0 Å². The summed E-state index contributed by atoms with van der Waals surface area (Å²) in [5.41, 5.74) is 7.44. The number of unbranched alkanes of at least 4 members (excludes halogenated alkanes) is 4. The van der Waals surface area contributed by atoms with E-state index in [2.05, 4.69) is 27.1 Å². The highest BCUT2D eigenvalue weighted by molar-refractivity contribution is 5.99. The molecule has 2 amide bonds. The Morgan fingerprint density at radius 2 is 1.97 bits per heavy atom. The molecule has 0 unspecified atom stereocenters. The minimum absolute atomic E-state index is 0.0837. The third-order valence-corrected chi connectivity index (χ3v) is 6.51. The molecule has 0 radical (unpaired) electrons. The van der Waals surface area contributed by atoms with Crippen LogP contribution in [0, 0.1) is 11.8 Å². The van der Waals surface area contributed by atoms with E-state index in [0.29, 0.717) is 35.4 Å². The third kappa shape index (κ3) is 7.39. The Bertz CT molecular complexity index is 935. The lowest BCUT2D eigenvalue weighted by Crippen LogP contribution is -2.43. The average Bonchev–Trinajstić information content (AvgIpc) is 2.80. The number of hydrogen-bond donors (Lipinski definition) is 2. The lowest BCUT2D eigenvalue weighted by molar-refractivity contribution is -0.122. The van der Waals surface area contributed by atoms with E-state index in [1.807, 2.05) is 6.07 Å². The van der Waals surface area contributed by atoms with Gasteiger partial charge in [-0.15, -0.1) is 0 Å². The average molecular weight is 456 g/mol. The summed E-state index contributed by atoms with van der Waals surface area (Å²) in [6.07, 6.45) is 9.46. The van der Waals surface area contributed by atoms with Gasteiger partial charge in [-0.05, 0) is 49.9 Å². The molecular formula is C25H37N5O3.